The Morgan fingerprint density at radius 3 is 2.68 bits per heavy atom. The Hall–Kier alpha value is -3.19. The molecule has 2 N–H and O–H groups in total. The van der Waals surface area contributed by atoms with Gasteiger partial charge in [-0.15, -0.1) is 0 Å². The smallest absolute Gasteiger partial charge is 0.256 e. The summed E-state index contributed by atoms with van der Waals surface area (Å²) in [4.78, 5) is 28.3. The second-order valence-electron chi connectivity index (χ2n) is 9.20. The maximum Gasteiger partial charge on any atom is 0.256 e. The highest BCUT2D eigenvalue weighted by atomic mass is 16.3. The molecule has 1 atom stereocenters. The number of benzene rings is 2. The van der Waals surface area contributed by atoms with Crippen LogP contribution in [0.5, 0.6) is 0 Å². The van der Waals surface area contributed by atoms with E-state index in [1.807, 2.05) is 31.4 Å². The predicted octanol–water partition coefficient (Wildman–Crippen LogP) is 3.33. The number of carbonyl (C=O) groups excluding carboxylic acids is 2. The molecule has 1 unspecified atom stereocenters. The molecule has 0 saturated heterocycles. The molecule has 160 valence electrons. The van der Waals surface area contributed by atoms with Crippen LogP contribution in [0.2, 0.25) is 0 Å². The summed E-state index contributed by atoms with van der Waals surface area (Å²) in [6.45, 7) is 3.98. The van der Waals surface area contributed by atoms with Crippen LogP contribution in [0.25, 0.3) is 10.9 Å². The Labute approximate surface area is 180 Å². The van der Waals surface area contributed by atoms with Crippen LogP contribution in [0.15, 0.2) is 42.6 Å². The molecule has 1 fully saturated rings. The minimum Gasteiger partial charge on any atom is -0.388 e. The number of nitrogens with zero attached hydrogens (tertiary/aromatic N) is 3. The fourth-order valence-electron chi connectivity index (χ4n) is 4.89. The lowest BCUT2D eigenvalue weighted by molar-refractivity contribution is -0.0224. The topological polar surface area (TPSA) is 87.5 Å². The molecule has 0 radical (unpaired) electrons. The summed E-state index contributed by atoms with van der Waals surface area (Å²) in [5.41, 5.74) is 2.16. The third kappa shape index (κ3) is 3.39. The summed E-state index contributed by atoms with van der Waals surface area (Å²) in [6, 6.07) is 10.7. The summed E-state index contributed by atoms with van der Waals surface area (Å²) < 4.78 is 1.68. The van der Waals surface area contributed by atoms with E-state index >= 15 is 0 Å². The van der Waals surface area contributed by atoms with Crippen molar-refractivity contribution in [2.24, 2.45) is 13.0 Å². The van der Waals surface area contributed by atoms with Crippen molar-refractivity contribution in [3.63, 3.8) is 0 Å². The van der Waals surface area contributed by atoms with E-state index in [0.717, 1.165) is 29.3 Å². The molecule has 2 amide bonds. The first kappa shape index (κ1) is 19.8. The molecule has 7 heteroatoms. The number of nitrogens with one attached hydrogen (secondary N) is 1. The van der Waals surface area contributed by atoms with Gasteiger partial charge < -0.3 is 15.3 Å². The average Bonchev–Trinajstić information content (AvgIpc) is 3.35. The monoisotopic (exact) mass is 418 g/mol. The highest BCUT2D eigenvalue weighted by Gasteiger charge is 2.48. The van der Waals surface area contributed by atoms with Crippen LogP contribution in [-0.4, -0.2) is 43.2 Å². The van der Waals surface area contributed by atoms with Crippen molar-refractivity contribution >= 4 is 28.4 Å². The first-order chi connectivity index (χ1) is 14.7. The molecule has 1 aliphatic heterocycles. The number of aromatic nitrogens is 2. The number of fused-ring (bicyclic) bond motifs is 2. The lowest BCUT2D eigenvalue weighted by Crippen LogP contribution is -2.51. The van der Waals surface area contributed by atoms with E-state index < -0.39 is 5.60 Å². The Bertz CT molecular complexity index is 1200. The Kier molecular flexibility index (Phi) is 4.41. The van der Waals surface area contributed by atoms with Crippen molar-refractivity contribution < 1.29 is 14.7 Å². The predicted molar refractivity (Wildman–Crippen MR) is 118 cm³/mol. The first-order valence-electron chi connectivity index (χ1n) is 10.6. The number of aliphatic hydroxyl groups is 1. The fraction of sp³-hybridized carbons (Fsp3) is 0.375. The Morgan fingerprint density at radius 2 is 1.97 bits per heavy atom. The third-order valence-corrected chi connectivity index (χ3v) is 6.25. The van der Waals surface area contributed by atoms with Crippen molar-refractivity contribution in [2.45, 2.75) is 44.9 Å². The Morgan fingerprint density at radius 1 is 1.23 bits per heavy atom. The summed E-state index contributed by atoms with van der Waals surface area (Å²) in [7, 11) is 1.82. The van der Waals surface area contributed by atoms with Gasteiger partial charge in [0.15, 0.2) is 0 Å². The summed E-state index contributed by atoms with van der Waals surface area (Å²) >= 11 is 0. The zero-order valence-corrected chi connectivity index (χ0v) is 17.9. The summed E-state index contributed by atoms with van der Waals surface area (Å²) in [5.74, 6) is -0.0940. The second-order valence-corrected chi connectivity index (χ2v) is 9.20. The van der Waals surface area contributed by atoms with Gasteiger partial charge in [-0.25, -0.2) is 0 Å². The van der Waals surface area contributed by atoms with E-state index in [2.05, 4.69) is 10.4 Å². The van der Waals surface area contributed by atoms with E-state index in [0.29, 0.717) is 29.3 Å². The van der Waals surface area contributed by atoms with Crippen molar-refractivity contribution in [1.29, 1.82) is 0 Å². The van der Waals surface area contributed by atoms with Gasteiger partial charge in [-0.2, -0.15) is 5.10 Å². The second kappa shape index (κ2) is 6.92. The zero-order chi connectivity index (χ0) is 21.9. The van der Waals surface area contributed by atoms with Crippen LogP contribution < -0.4 is 5.32 Å². The molecular formula is C24H26N4O3. The largest absolute Gasteiger partial charge is 0.388 e. The number of aryl methyl sites for hydroxylation is 1. The summed E-state index contributed by atoms with van der Waals surface area (Å²) in [5, 5.41) is 18.8. The molecule has 0 spiro atoms. The SMILES string of the molecule is Cn1cc2c(C(=O)Nc3cccc4c3C(=O)N(C(C3CC3)C(C)(C)O)C4)cccc2n1. The van der Waals surface area contributed by atoms with Crippen LogP contribution in [0.1, 0.15) is 53.0 Å². The maximum atomic E-state index is 13.4. The van der Waals surface area contributed by atoms with E-state index in [4.69, 9.17) is 0 Å². The van der Waals surface area contributed by atoms with Crippen LogP contribution >= 0.6 is 0 Å². The fourth-order valence-corrected chi connectivity index (χ4v) is 4.89. The van der Waals surface area contributed by atoms with E-state index in [1.54, 1.807) is 41.6 Å². The third-order valence-electron chi connectivity index (χ3n) is 6.25. The Balaban J connectivity index is 1.47. The first-order valence-corrected chi connectivity index (χ1v) is 10.6. The highest BCUT2D eigenvalue weighted by molar-refractivity contribution is 6.15. The molecule has 2 aliphatic rings. The van der Waals surface area contributed by atoms with Gasteiger partial charge in [-0.1, -0.05) is 18.2 Å². The molecular weight excluding hydrogens is 392 g/mol. The van der Waals surface area contributed by atoms with Crippen LogP contribution in [0.4, 0.5) is 5.69 Å². The molecule has 0 bridgehead atoms. The van der Waals surface area contributed by atoms with Gasteiger partial charge in [-0.05, 0) is 56.4 Å². The number of hydrogen-bond acceptors (Lipinski definition) is 4. The van der Waals surface area contributed by atoms with Crippen LogP contribution in [0.3, 0.4) is 0 Å². The number of hydrogen-bond donors (Lipinski definition) is 2. The number of rotatable bonds is 5. The van der Waals surface area contributed by atoms with Gasteiger partial charge in [0.1, 0.15) is 0 Å². The molecule has 3 aromatic rings. The minimum atomic E-state index is -0.988. The van der Waals surface area contributed by atoms with Crippen molar-refractivity contribution in [3.8, 4) is 0 Å². The van der Waals surface area contributed by atoms with Crippen LogP contribution in [0, 0.1) is 5.92 Å². The van der Waals surface area contributed by atoms with Gasteiger partial charge in [0.25, 0.3) is 11.8 Å². The van der Waals surface area contributed by atoms with E-state index in [9.17, 15) is 14.7 Å². The number of carbonyl (C=O) groups is 2. The summed E-state index contributed by atoms with van der Waals surface area (Å²) in [6.07, 6.45) is 3.86. The molecule has 1 aliphatic carbocycles. The quantitative estimate of drug-likeness (QED) is 0.665. The lowest BCUT2D eigenvalue weighted by Gasteiger charge is -2.37. The molecule has 2 heterocycles. The lowest BCUT2D eigenvalue weighted by atomic mass is 9.93. The van der Waals surface area contributed by atoms with Crippen molar-refractivity contribution in [1.82, 2.24) is 14.7 Å². The normalized spacial score (nSPS) is 17.2. The van der Waals surface area contributed by atoms with E-state index in [1.165, 1.54) is 0 Å². The van der Waals surface area contributed by atoms with Gasteiger partial charge in [0, 0.05) is 25.2 Å². The van der Waals surface area contributed by atoms with Crippen LogP contribution in [-0.2, 0) is 13.6 Å². The minimum absolute atomic E-state index is 0.135. The molecule has 31 heavy (non-hydrogen) atoms. The maximum absolute atomic E-state index is 13.4. The van der Waals surface area contributed by atoms with Gasteiger partial charge in [0.05, 0.1) is 34.0 Å². The molecule has 1 aromatic heterocycles. The zero-order valence-electron chi connectivity index (χ0n) is 17.9. The molecule has 7 nitrogen and oxygen atoms in total. The standard InChI is InChI=1S/C24H26N4O3/c1-24(2,31)21(14-10-11-14)28-12-15-6-4-9-19(20(15)23(28)30)25-22(29)16-7-5-8-18-17(16)13-27(3)26-18/h4-9,13-14,21,31H,10-12H2,1-3H3,(H,25,29). The number of anilines is 1. The highest BCUT2D eigenvalue weighted by Crippen LogP contribution is 2.43. The van der Waals surface area contributed by atoms with Gasteiger partial charge >= 0.3 is 0 Å². The van der Waals surface area contributed by atoms with E-state index in [-0.39, 0.29) is 17.9 Å². The number of amides is 2. The molecule has 2 aromatic carbocycles. The van der Waals surface area contributed by atoms with Gasteiger partial charge in [0.2, 0.25) is 0 Å². The molecule has 5 rings (SSSR count). The average molecular weight is 418 g/mol. The molecule has 1 saturated carbocycles. The van der Waals surface area contributed by atoms with Gasteiger partial charge in [-0.3, -0.25) is 14.3 Å². The van der Waals surface area contributed by atoms with Crippen molar-refractivity contribution in [3.05, 3.63) is 59.3 Å². The van der Waals surface area contributed by atoms with Crippen molar-refractivity contribution in [2.75, 3.05) is 5.32 Å².